The molecule has 2 rings (SSSR count). The molecule has 0 amide bonds. The molecule has 1 aromatic heterocycles. The fraction of sp³-hybridized carbons (Fsp3) is 0.500. The lowest BCUT2D eigenvalue weighted by molar-refractivity contribution is -0.0153. The van der Waals surface area contributed by atoms with Crippen molar-refractivity contribution >= 4 is 5.71 Å². The van der Waals surface area contributed by atoms with Gasteiger partial charge in [0.1, 0.15) is 12.3 Å². The molecule has 1 saturated heterocycles. The van der Waals surface area contributed by atoms with Gasteiger partial charge in [-0.1, -0.05) is 5.16 Å². The van der Waals surface area contributed by atoms with Crippen LogP contribution in [0.15, 0.2) is 20.9 Å². The molecule has 2 unspecified atom stereocenters. The Labute approximate surface area is 101 Å². The normalized spacial score (nSPS) is 25.8. The standard InChI is InChI=1S/C10H13N3O5/c1-5-3-13(10(16)11-9(5)15)8-2-6(12-17)7(4-14)18-8/h3,7-8,14,17H,2,4H2,1H3,(H,11,15,16)/b12-6+. The molecule has 2 atom stereocenters. The third-order valence-corrected chi connectivity index (χ3v) is 2.83. The lowest BCUT2D eigenvalue weighted by Gasteiger charge is -2.14. The Morgan fingerprint density at radius 1 is 1.61 bits per heavy atom. The molecule has 0 aromatic carbocycles. The van der Waals surface area contributed by atoms with Crippen molar-refractivity contribution in [3.8, 4) is 0 Å². The average molecular weight is 255 g/mol. The zero-order chi connectivity index (χ0) is 13.3. The topological polar surface area (TPSA) is 117 Å². The van der Waals surface area contributed by atoms with E-state index in [1.165, 1.54) is 10.8 Å². The third-order valence-electron chi connectivity index (χ3n) is 2.83. The van der Waals surface area contributed by atoms with Gasteiger partial charge in [0.05, 0.1) is 12.3 Å². The number of aliphatic hydroxyl groups is 1. The molecule has 2 heterocycles. The predicted molar refractivity (Wildman–Crippen MR) is 60.9 cm³/mol. The van der Waals surface area contributed by atoms with Crippen LogP contribution in [0.4, 0.5) is 0 Å². The minimum Gasteiger partial charge on any atom is -0.411 e. The maximum atomic E-state index is 11.6. The van der Waals surface area contributed by atoms with E-state index in [9.17, 15) is 9.59 Å². The van der Waals surface area contributed by atoms with Crippen LogP contribution in [0.25, 0.3) is 0 Å². The van der Waals surface area contributed by atoms with Gasteiger partial charge in [0.2, 0.25) is 0 Å². The van der Waals surface area contributed by atoms with E-state index in [0.29, 0.717) is 5.56 Å². The summed E-state index contributed by atoms with van der Waals surface area (Å²) < 4.78 is 6.58. The zero-order valence-corrected chi connectivity index (χ0v) is 9.66. The average Bonchev–Trinajstić information content (AvgIpc) is 2.76. The highest BCUT2D eigenvalue weighted by molar-refractivity contribution is 5.90. The van der Waals surface area contributed by atoms with E-state index in [1.54, 1.807) is 6.92 Å². The molecule has 0 aliphatic carbocycles. The van der Waals surface area contributed by atoms with Crippen LogP contribution >= 0.6 is 0 Å². The van der Waals surface area contributed by atoms with Crippen LogP contribution < -0.4 is 11.2 Å². The van der Waals surface area contributed by atoms with Crippen LogP contribution in [-0.2, 0) is 4.74 Å². The Balaban J connectivity index is 2.38. The summed E-state index contributed by atoms with van der Waals surface area (Å²) in [7, 11) is 0. The van der Waals surface area contributed by atoms with Crippen molar-refractivity contribution in [2.24, 2.45) is 5.16 Å². The number of aromatic amines is 1. The summed E-state index contributed by atoms with van der Waals surface area (Å²) in [6, 6.07) is 0. The number of hydrogen-bond donors (Lipinski definition) is 3. The first-order chi connectivity index (χ1) is 8.56. The molecule has 0 saturated carbocycles. The zero-order valence-electron chi connectivity index (χ0n) is 9.66. The third kappa shape index (κ3) is 2.07. The lowest BCUT2D eigenvalue weighted by Crippen LogP contribution is -2.33. The monoisotopic (exact) mass is 255 g/mol. The van der Waals surface area contributed by atoms with E-state index in [4.69, 9.17) is 15.1 Å². The summed E-state index contributed by atoms with van der Waals surface area (Å²) in [5.41, 5.74) is -0.429. The smallest absolute Gasteiger partial charge is 0.330 e. The molecule has 1 aliphatic rings. The van der Waals surface area contributed by atoms with Crippen LogP contribution in [0.1, 0.15) is 18.2 Å². The van der Waals surface area contributed by atoms with Gasteiger partial charge in [-0.15, -0.1) is 0 Å². The van der Waals surface area contributed by atoms with E-state index in [-0.39, 0.29) is 18.7 Å². The van der Waals surface area contributed by atoms with E-state index in [1.807, 2.05) is 0 Å². The molecule has 98 valence electrons. The highest BCUT2D eigenvalue weighted by Gasteiger charge is 2.33. The van der Waals surface area contributed by atoms with Crippen molar-refractivity contribution in [2.75, 3.05) is 6.61 Å². The first kappa shape index (κ1) is 12.5. The molecule has 1 fully saturated rings. The van der Waals surface area contributed by atoms with Crippen LogP contribution in [0.2, 0.25) is 0 Å². The maximum Gasteiger partial charge on any atom is 0.330 e. The number of aryl methyl sites for hydroxylation is 1. The summed E-state index contributed by atoms with van der Waals surface area (Å²) >= 11 is 0. The van der Waals surface area contributed by atoms with Crippen molar-refractivity contribution < 1.29 is 15.1 Å². The fourth-order valence-electron chi connectivity index (χ4n) is 1.84. The second-order valence-corrected chi connectivity index (χ2v) is 4.04. The van der Waals surface area contributed by atoms with Crippen molar-refractivity contribution in [2.45, 2.75) is 25.7 Å². The van der Waals surface area contributed by atoms with Gasteiger partial charge in [-0.2, -0.15) is 0 Å². The Morgan fingerprint density at radius 2 is 2.33 bits per heavy atom. The largest absolute Gasteiger partial charge is 0.411 e. The molecule has 3 N–H and O–H groups in total. The highest BCUT2D eigenvalue weighted by atomic mass is 16.5. The highest BCUT2D eigenvalue weighted by Crippen LogP contribution is 2.24. The molecule has 18 heavy (non-hydrogen) atoms. The number of nitrogens with zero attached hydrogens (tertiary/aromatic N) is 2. The SMILES string of the molecule is Cc1cn(C2C/C(=N\O)C(CO)O2)c(=O)[nH]c1=O. The maximum absolute atomic E-state index is 11.6. The summed E-state index contributed by atoms with van der Waals surface area (Å²) in [6.45, 7) is 1.22. The molecular formula is C10H13N3O5. The Kier molecular flexibility index (Phi) is 3.30. The summed E-state index contributed by atoms with van der Waals surface area (Å²) in [4.78, 5) is 25.0. The quantitative estimate of drug-likeness (QED) is 0.460. The van der Waals surface area contributed by atoms with Crippen molar-refractivity contribution in [3.05, 3.63) is 32.6 Å². The molecule has 1 aliphatic heterocycles. The van der Waals surface area contributed by atoms with Gasteiger partial charge in [-0.25, -0.2) is 4.79 Å². The van der Waals surface area contributed by atoms with Gasteiger partial charge in [0, 0.05) is 18.2 Å². The van der Waals surface area contributed by atoms with Gasteiger partial charge in [-0.3, -0.25) is 14.3 Å². The number of oxime groups is 1. The Hall–Kier alpha value is -1.93. The molecule has 8 nitrogen and oxygen atoms in total. The van der Waals surface area contributed by atoms with Gasteiger partial charge in [-0.05, 0) is 6.92 Å². The minimum absolute atomic E-state index is 0.174. The second-order valence-electron chi connectivity index (χ2n) is 4.04. The summed E-state index contributed by atoms with van der Waals surface area (Å²) in [5, 5.41) is 20.8. The molecule has 1 aromatic rings. The molecule has 0 radical (unpaired) electrons. The molecule has 8 heteroatoms. The Morgan fingerprint density at radius 3 is 2.89 bits per heavy atom. The summed E-state index contributed by atoms with van der Waals surface area (Å²) in [5.74, 6) is 0. The van der Waals surface area contributed by atoms with Crippen LogP contribution in [0, 0.1) is 6.92 Å². The van der Waals surface area contributed by atoms with Crippen molar-refractivity contribution in [1.29, 1.82) is 0 Å². The van der Waals surface area contributed by atoms with E-state index in [2.05, 4.69) is 10.1 Å². The van der Waals surface area contributed by atoms with Crippen molar-refractivity contribution in [3.63, 3.8) is 0 Å². The van der Waals surface area contributed by atoms with Crippen molar-refractivity contribution in [1.82, 2.24) is 9.55 Å². The van der Waals surface area contributed by atoms with E-state index in [0.717, 1.165) is 0 Å². The number of ether oxygens (including phenoxy) is 1. The number of hydrogen-bond acceptors (Lipinski definition) is 6. The van der Waals surface area contributed by atoms with Gasteiger partial charge in [0.15, 0.2) is 0 Å². The lowest BCUT2D eigenvalue weighted by atomic mass is 10.2. The first-order valence-corrected chi connectivity index (χ1v) is 5.36. The predicted octanol–water partition coefficient (Wildman–Crippen LogP) is -1.04. The number of H-pyrrole nitrogens is 1. The molecule has 0 spiro atoms. The van der Waals surface area contributed by atoms with Crippen LogP contribution in [0.3, 0.4) is 0 Å². The molecular weight excluding hydrogens is 242 g/mol. The Bertz CT molecular complexity index is 588. The number of nitrogens with one attached hydrogen (secondary N) is 1. The number of aliphatic hydroxyl groups excluding tert-OH is 1. The number of rotatable bonds is 2. The summed E-state index contributed by atoms with van der Waals surface area (Å²) in [6.07, 6.45) is 0.114. The first-order valence-electron chi connectivity index (χ1n) is 5.36. The van der Waals surface area contributed by atoms with Crippen LogP contribution in [-0.4, -0.2) is 38.3 Å². The van der Waals surface area contributed by atoms with Gasteiger partial charge in [0.25, 0.3) is 5.56 Å². The van der Waals surface area contributed by atoms with Crippen LogP contribution in [0.5, 0.6) is 0 Å². The van der Waals surface area contributed by atoms with Gasteiger partial charge < -0.3 is 15.1 Å². The second kappa shape index (κ2) is 4.75. The molecule has 0 bridgehead atoms. The fourth-order valence-corrected chi connectivity index (χ4v) is 1.84. The van der Waals surface area contributed by atoms with E-state index < -0.39 is 23.6 Å². The van der Waals surface area contributed by atoms with E-state index >= 15 is 0 Å². The number of aromatic nitrogens is 2. The minimum atomic E-state index is -0.737. The van der Waals surface area contributed by atoms with Gasteiger partial charge >= 0.3 is 5.69 Å².